The molecule has 1 saturated heterocycles. The molecule has 2 aromatic heterocycles. The number of fused-ring (bicyclic) bond motifs is 3. The molecule has 0 aliphatic carbocycles. The second-order valence-corrected chi connectivity index (χ2v) is 8.46. The van der Waals surface area contributed by atoms with Gasteiger partial charge in [-0.05, 0) is 37.0 Å². The van der Waals surface area contributed by atoms with Gasteiger partial charge in [0.15, 0.2) is 0 Å². The van der Waals surface area contributed by atoms with E-state index in [0.29, 0.717) is 43.0 Å². The Labute approximate surface area is 165 Å². The lowest BCUT2D eigenvalue weighted by Gasteiger charge is -2.43. The first-order valence-electron chi connectivity index (χ1n) is 9.43. The number of benzene rings is 1. The van der Waals surface area contributed by atoms with E-state index in [0.717, 1.165) is 27.8 Å². The third kappa shape index (κ3) is 2.65. The topological polar surface area (TPSA) is 82.6 Å². The van der Waals surface area contributed by atoms with Crippen LogP contribution >= 0.6 is 11.3 Å². The zero-order valence-corrected chi connectivity index (χ0v) is 16.1. The SMILES string of the molecule is O=C(O)c1cc2c(s1)C1(CCN(C(=O)c3c[nH]c4ccccc34)CC1)OCC2. The number of likely N-dealkylation sites (tertiary alicyclic amines) is 1. The molecule has 3 aromatic rings. The van der Waals surface area contributed by atoms with Gasteiger partial charge in [-0.25, -0.2) is 4.79 Å². The number of aromatic nitrogens is 1. The molecule has 2 aliphatic heterocycles. The van der Waals surface area contributed by atoms with Gasteiger partial charge in [0.25, 0.3) is 5.91 Å². The van der Waals surface area contributed by atoms with Gasteiger partial charge in [-0.3, -0.25) is 4.79 Å². The van der Waals surface area contributed by atoms with Gasteiger partial charge in [-0.1, -0.05) is 18.2 Å². The lowest BCUT2D eigenvalue weighted by Crippen LogP contribution is -2.47. The quantitative estimate of drug-likeness (QED) is 0.693. The Balaban J connectivity index is 1.38. The van der Waals surface area contributed by atoms with Crippen LogP contribution in [-0.4, -0.2) is 46.6 Å². The molecule has 1 spiro atoms. The van der Waals surface area contributed by atoms with Gasteiger partial charge in [0.1, 0.15) is 10.5 Å². The van der Waals surface area contributed by atoms with Gasteiger partial charge in [-0.2, -0.15) is 0 Å². The number of hydrogen-bond donors (Lipinski definition) is 2. The minimum Gasteiger partial charge on any atom is -0.477 e. The van der Waals surface area contributed by atoms with Crippen LogP contribution in [0.3, 0.4) is 0 Å². The third-order valence-corrected chi connectivity index (χ3v) is 7.21. The summed E-state index contributed by atoms with van der Waals surface area (Å²) in [6.45, 7) is 1.79. The summed E-state index contributed by atoms with van der Waals surface area (Å²) in [5.74, 6) is -0.859. The van der Waals surface area contributed by atoms with Gasteiger partial charge in [0, 0.05) is 35.1 Å². The lowest BCUT2D eigenvalue weighted by molar-refractivity contribution is -0.0906. The molecule has 144 valence electrons. The number of aromatic amines is 1. The van der Waals surface area contributed by atoms with E-state index in [1.165, 1.54) is 11.3 Å². The van der Waals surface area contributed by atoms with Crippen molar-refractivity contribution < 1.29 is 19.4 Å². The number of thiophene rings is 1. The van der Waals surface area contributed by atoms with Crippen molar-refractivity contribution in [3.05, 3.63) is 57.4 Å². The number of amides is 1. The summed E-state index contributed by atoms with van der Waals surface area (Å²) in [6, 6.07) is 9.59. The Morgan fingerprint density at radius 2 is 2.00 bits per heavy atom. The van der Waals surface area contributed by atoms with Crippen molar-refractivity contribution in [2.24, 2.45) is 0 Å². The van der Waals surface area contributed by atoms with E-state index >= 15 is 0 Å². The average Bonchev–Trinajstić information content (AvgIpc) is 3.34. The summed E-state index contributed by atoms with van der Waals surface area (Å²) in [5.41, 5.74) is 2.29. The molecule has 4 heterocycles. The van der Waals surface area contributed by atoms with Crippen LogP contribution in [0.2, 0.25) is 0 Å². The number of carboxylic acids is 1. The molecule has 6 nitrogen and oxygen atoms in total. The Kier molecular flexibility index (Phi) is 4.03. The standard InChI is InChI=1S/C21H20N2O4S/c24-19(15-12-22-16-4-2-1-3-14(15)16)23-8-6-21(7-9-23)18-13(5-10-27-21)11-17(28-18)20(25)26/h1-4,11-12,22H,5-10H2,(H,25,26). The number of carbonyl (C=O) groups excluding carboxylic acids is 1. The number of carboxylic acid groups (broad SMARTS) is 1. The smallest absolute Gasteiger partial charge is 0.345 e. The summed E-state index contributed by atoms with van der Waals surface area (Å²) in [6.07, 6.45) is 3.91. The Morgan fingerprint density at radius 3 is 2.79 bits per heavy atom. The molecule has 1 amide bonds. The summed E-state index contributed by atoms with van der Waals surface area (Å²) in [4.78, 5) is 30.9. The third-order valence-electron chi connectivity index (χ3n) is 5.86. The monoisotopic (exact) mass is 396 g/mol. The number of nitrogens with one attached hydrogen (secondary N) is 1. The highest BCUT2D eigenvalue weighted by molar-refractivity contribution is 7.14. The number of ether oxygens (including phenoxy) is 1. The number of aromatic carboxylic acids is 1. The van der Waals surface area contributed by atoms with Crippen molar-refractivity contribution in [1.82, 2.24) is 9.88 Å². The van der Waals surface area contributed by atoms with Crippen molar-refractivity contribution in [2.75, 3.05) is 19.7 Å². The van der Waals surface area contributed by atoms with E-state index in [-0.39, 0.29) is 5.91 Å². The van der Waals surface area contributed by atoms with Crippen LogP contribution in [0.25, 0.3) is 10.9 Å². The maximum absolute atomic E-state index is 13.1. The average molecular weight is 396 g/mol. The van der Waals surface area contributed by atoms with E-state index < -0.39 is 11.6 Å². The molecule has 28 heavy (non-hydrogen) atoms. The summed E-state index contributed by atoms with van der Waals surface area (Å²) >= 11 is 1.33. The predicted octanol–water partition coefficient (Wildman–Crippen LogP) is 3.63. The number of H-pyrrole nitrogens is 1. The molecule has 0 unspecified atom stereocenters. The fourth-order valence-electron chi connectivity index (χ4n) is 4.39. The predicted molar refractivity (Wildman–Crippen MR) is 106 cm³/mol. The molecule has 0 atom stereocenters. The Bertz CT molecular complexity index is 1080. The second kappa shape index (κ2) is 6.46. The van der Waals surface area contributed by atoms with Crippen molar-refractivity contribution in [3.8, 4) is 0 Å². The molecule has 1 aromatic carbocycles. The molecular weight excluding hydrogens is 376 g/mol. The largest absolute Gasteiger partial charge is 0.477 e. The van der Waals surface area contributed by atoms with Crippen LogP contribution in [0.4, 0.5) is 0 Å². The van der Waals surface area contributed by atoms with Crippen LogP contribution < -0.4 is 0 Å². The number of rotatable bonds is 2. The summed E-state index contributed by atoms with van der Waals surface area (Å²) < 4.78 is 6.19. The maximum Gasteiger partial charge on any atom is 0.345 e. The van der Waals surface area contributed by atoms with Crippen molar-refractivity contribution >= 4 is 34.1 Å². The van der Waals surface area contributed by atoms with E-state index in [1.54, 1.807) is 12.3 Å². The molecule has 5 rings (SSSR count). The molecule has 0 radical (unpaired) electrons. The van der Waals surface area contributed by atoms with Crippen LogP contribution in [0, 0.1) is 0 Å². The molecule has 0 saturated carbocycles. The fraction of sp³-hybridized carbons (Fsp3) is 0.333. The zero-order valence-electron chi connectivity index (χ0n) is 15.2. The van der Waals surface area contributed by atoms with Crippen LogP contribution in [0.5, 0.6) is 0 Å². The first kappa shape index (κ1) is 17.5. The normalized spacial score (nSPS) is 18.4. The van der Waals surface area contributed by atoms with E-state index in [1.807, 2.05) is 29.2 Å². The van der Waals surface area contributed by atoms with Crippen LogP contribution in [0.15, 0.2) is 36.5 Å². The highest BCUT2D eigenvalue weighted by Gasteiger charge is 2.43. The zero-order chi connectivity index (χ0) is 19.3. The van der Waals surface area contributed by atoms with Gasteiger partial charge < -0.3 is 19.7 Å². The fourth-order valence-corrected chi connectivity index (χ4v) is 5.64. The number of nitrogens with zero attached hydrogens (tertiary/aromatic N) is 1. The highest BCUT2D eigenvalue weighted by Crippen LogP contribution is 2.45. The number of carbonyl (C=O) groups is 2. The van der Waals surface area contributed by atoms with Gasteiger partial charge in [-0.15, -0.1) is 11.3 Å². The lowest BCUT2D eigenvalue weighted by atomic mass is 9.85. The van der Waals surface area contributed by atoms with E-state index in [2.05, 4.69) is 4.98 Å². The number of hydrogen-bond acceptors (Lipinski definition) is 4. The molecule has 2 aliphatic rings. The van der Waals surface area contributed by atoms with Crippen molar-refractivity contribution in [1.29, 1.82) is 0 Å². The number of piperidine rings is 1. The minimum atomic E-state index is -0.888. The Morgan fingerprint density at radius 1 is 1.21 bits per heavy atom. The van der Waals surface area contributed by atoms with Gasteiger partial charge >= 0.3 is 5.97 Å². The van der Waals surface area contributed by atoms with E-state index in [9.17, 15) is 14.7 Å². The minimum absolute atomic E-state index is 0.0285. The maximum atomic E-state index is 13.1. The first-order valence-corrected chi connectivity index (χ1v) is 10.2. The molecule has 0 bridgehead atoms. The van der Waals surface area contributed by atoms with Crippen LogP contribution in [0.1, 0.15) is 43.3 Å². The van der Waals surface area contributed by atoms with Gasteiger partial charge in [0.2, 0.25) is 0 Å². The number of para-hydroxylation sites is 1. The summed E-state index contributed by atoms with van der Waals surface area (Å²) in [5, 5.41) is 10.3. The molecule has 2 N–H and O–H groups in total. The molecule has 7 heteroatoms. The highest BCUT2D eigenvalue weighted by atomic mass is 32.1. The molecule has 1 fully saturated rings. The Hall–Kier alpha value is -2.64. The van der Waals surface area contributed by atoms with Gasteiger partial charge in [0.05, 0.1) is 12.2 Å². The van der Waals surface area contributed by atoms with Crippen molar-refractivity contribution in [2.45, 2.75) is 24.9 Å². The van der Waals surface area contributed by atoms with Crippen LogP contribution in [-0.2, 0) is 16.8 Å². The van der Waals surface area contributed by atoms with E-state index in [4.69, 9.17) is 4.74 Å². The summed E-state index contributed by atoms with van der Waals surface area (Å²) in [7, 11) is 0. The first-order chi connectivity index (χ1) is 13.6. The molecular formula is C21H20N2O4S. The second-order valence-electron chi connectivity index (χ2n) is 7.40. The van der Waals surface area contributed by atoms with Crippen molar-refractivity contribution in [3.63, 3.8) is 0 Å².